The van der Waals surface area contributed by atoms with Crippen molar-refractivity contribution < 1.29 is 0 Å². The van der Waals surface area contributed by atoms with Crippen molar-refractivity contribution in [3.8, 4) is 0 Å². The molecular weight excluding hydrogens is 378 g/mol. The minimum atomic E-state index is 0.847. The van der Waals surface area contributed by atoms with Gasteiger partial charge in [0.25, 0.3) is 0 Å². The summed E-state index contributed by atoms with van der Waals surface area (Å²) in [6.07, 6.45) is 1.01. The molecule has 0 saturated carbocycles. The highest BCUT2D eigenvalue weighted by Gasteiger charge is 2.19. The largest absolute Gasteiger partial charge is 0.362 e. The predicted molar refractivity (Wildman–Crippen MR) is 115 cm³/mol. The fourth-order valence-electron chi connectivity index (χ4n) is 3.41. The van der Waals surface area contributed by atoms with E-state index in [1.54, 1.807) is 0 Å². The van der Waals surface area contributed by atoms with Crippen LogP contribution < -0.4 is 5.32 Å². The van der Waals surface area contributed by atoms with E-state index in [-0.39, 0.29) is 0 Å². The van der Waals surface area contributed by atoms with E-state index in [0.717, 1.165) is 68.1 Å². The Balaban J connectivity index is 1.36. The minimum Gasteiger partial charge on any atom is -0.362 e. The number of nitrogens with one attached hydrogen (secondary N) is 1. The van der Waals surface area contributed by atoms with E-state index in [2.05, 4.69) is 44.0 Å². The average Bonchev–Trinajstić information content (AvgIpc) is 2.98. The summed E-state index contributed by atoms with van der Waals surface area (Å²) < 4.78 is 2.06. The Kier molecular flexibility index (Phi) is 7.10. The van der Waals surface area contributed by atoms with Crippen LogP contribution in [0.5, 0.6) is 0 Å². The Morgan fingerprint density at radius 3 is 2.59 bits per heavy atom. The number of aryl methyl sites for hydroxylation is 3. The van der Waals surface area contributed by atoms with Gasteiger partial charge in [0.05, 0.1) is 5.69 Å². The standard InChI is InChI=1S/C20H28ClN5S/c1-16-14-17(2)26(23-16)9-5-8-22-20(27)25-12-10-24(11-13-25)15-18-6-3-4-7-19(18)21/h3-4,6-7,14H,5,8-13,15H2,1-2H3,(H,22,27). The molecule has 146 valence electrons. The molecule has 0 aliphatic carbocycles. The van der Waals surface area contributed by atoms with Crippen LogP contribution in [0.1, 0.15) is 23.4 Å². The molecular formula is C20H28ClN5S. The summed E-state index contributed by atoms with van der Waals surface area (Å²) in [7, 11) is 0. The second-order valence-electron chi connectivity index (χ2n) is 7.09. The molecule has 7 heteroatoms. The van der Waals surface area contributed by atoms with E-state index in [1.165, 1.54) is 11.3 Å². The molecule has 0 spiro atoms. The Morgan fingerprint density at radius 1 is 1.19 bits per heavy atom. The number of piperazine rings is 1. The van der Waals surface area contributed by atoms with Gasteiger partial charge in [-0.2, -0.15) is 5.10 Å². The zero-order valence-electron chi connectivity index (χ0n) is 16.1. The molecule has 1 aromatic heterocycles. The van der Waals surface area contributed by atoms with Crippen LogP contribution in [-0.4, -0.2) is 57.4 Å². The fourth-order valence-corrected chi connectivity index (χ4v) is 3.89. The van der Waals surface area contributed by atoms with Gasteiger partial charge in [0.1, 0.15) is 0 Å². The first-order valence-corrected chi connectivity index (χ1v) is 10.3. The number of thiocarbonyl (C=S) groups is 1. The molecule has 0 unspecified atom stereocenters. The lowest BCUT2D eigenvalue weighted by Crippen LogP contribution is -2.51. The van der Waals surface area contributed by atoms with Gasteiger partial charge in [-0.05, 0) is 50.2 Å². The van der Waals surface area contributed by atoms with E-state index in [1.807, 2.05) is 25.1 Å². The van der Waals surface area contributed by atoms with Crippen molar-refractivity contribution in [2.75, 3.05) is 32.7 Å². The first kappa shape index (κ1) is 20.1. The summed E-state index contributed by atoms with van der Waals surface area (Å²) in [4.78, 5) is 4.70. The smallest absolute Gasteiger partial charge is 0.169 e. The highest BCUT2D eigenvalue weighted by atomic mass is 35.5. The second-order valence-corrected chi connectivity index (χ2v) is 7.88. The van der Waals surface area contributed by atoms with E-state index in [0.29, 0.717) is 0 Å². The van der Waals surface area contributed by atoms with Crippen LogP contribution >= 0.6 is 23.8 Å². The number of aromatic nitrogens is 2. The third kappa shape index (κ3) is 5.67. The molecule has 1 aliphatic heterocycles. The molecule has 27 heavy (non-hydrogen) atoms. The summed E-state index contributed by atoms with van der Waals surface area (Å²) in [6.45, 7) is 10.7. The molecule has 1 aliphatic rings. The van der Waals surface area contributed by atoms with Gasteiger partial charge < -0.3 is 10.2 Å². The second kappa shape index (κ2) is 9.53. The first-order chi connectivity index (χ1) is 13.0. The fraction of sp³-hybridized carbons (Fsp3) is 0.500. The number of hydrogen-bond acceptors (Lipinski definition) is 3. The third-order valence-electron chi connectivity index (χ3n) is 4.94. The van der Waals surface area contributed by atoms with Crippen LogP contribution in [0.2, 0.25) is 5.02 Å². The molecule has 3 rings (SSSR count). The van der Waals surface area contributed by atoms with Crippen LogP contribution in [0.3, 0.4) is 0 Å². The molecule has 1 N–H and O–H groups in total. The number of halogens is 1. The summed E-state index contributed by atoms with van der Waals surface area (Å²) in [5.74, 6) is 0. The molecule has 1 fully saturated rings. The van der Waals surface area contributed by atoms with Crippen molar-refractivity contribution in [1.82, 2.24) is 24.9 Å². The Bertz CT molecular complexity index is 767. The molecule has 0 bridgehead atoms. The highest BCUT2D eigenvalue weighted by Crippen LogP contribution is 2.17. The van der Waals surface area contributed by atoms with Crippen LogP contribution in [0.25, 0.3) is 0 Å². The van der Waals surface area contributed by atoms with E-state index in [4.69, 9.17) is 23.8 Å². The SMILES string of the molecule is Cc1cc(C)n(CCCNC(=S)N2CCN(Cc3ccccc3Cl)CC2)n1. The maximum atomic E-state index is 6.27. The van der Waals surface area contributed by atoms with Crippen molar-refractivity contribution in [2.24, 2.45) is 0 Å². The number of nitrogens with zero attached hydrogens (tertiary/aromatic N) is 4. The van der Waals surface area contributed by atoms with Crippen LogP contribution in [0, 0.1) is 13.8 Å². The van der Waals surface area contributed by atoms with Gasteiger partial charge in [-0.3, -0.25) is 9.58 Å². The number of rotatable bonds is 6. The Hall–Kier alpha value is -1.63. The molecule has 2 aromatic rings. The lowest BCUT2D eigenvalue weighted by Gasteiger charge is -2.36. The van der Waals surface area contributed by atoms with Crippen molar-refractivity contribution in [3.05, 3.63) is 52.3 Å². The van der Waals surface area contributed by atoms with Crippen molar-refractivity contribution in [1.29, 1.82) is 0 Å². The van der Waals surface area contributed by atoms with Crippen LogP contribution in [0.15, 0.2) is 30.3 Å². The van der Waals surface area contributed by atoms with Crippen LogP contribution in [0.4, 0.5) is 0 Å². The molecule has 0 amide bonds. The van der Waals surface area contributed by atoms with Crippen LogP contribution in [-0.2, 0) is 13.1 Å². The number of benzene rings is 1. The van der Waals surface area contributed by atoms with Crippen molar-refractivity contribution in [2.45, 2.75) is 33.4 Å². The average molecular weight is 406 g/mol. The van der Waals surface area contributed by atoms with Gasteiger partial charge in [0.2, 0.25) is 0 Å². The molecule has 0 atom stereocenters. The zero-order valence-corrected chi connectivity index (χ0v) is 17.7. The van der Waals surface area contributed by atoms with Gasteiger partial charge in [-0.15, -0.1) is 0 Å². The molecule has 2 heterocycles. The van der Waals surface area contributed by atoms with Crippen molar-refractivity contribution >= 4 is 28.9 Å². The normalized spacial score (nSPS) is 15.1. The molecule has 0 radical (unpaired) electrons. The summed E-state index contributed by atoms with van der Waals surface area (Å²) in [6, 6.07) is 10.2. The van der Waals surface area contributed by atoms with E-state index >= 15 is 0 Å². The van der Waals surface area contributed by atoms with Gasteiger partial charge in [0, 0.05) is 56.5 Å². The predicted octanol–water partition coefficient (Wildman–Crippen LogP) is 3.24. The monoisotopic (exact) mass is 405 g/mol. The molecule has 5 nitrogen and oxygen atoms in total. The lowest BCUT2D eigenvalue weighted by molar-refractivity contribution is 0.174. The maximum absolute atomic E-state index is 6.27. The van der Waals surface area contributed by atoms with Gasteiger partial charge in [-0.25, -0.2) is 0 Å². The summed E-state index contributed by atoms with van der Waals surface area (Å²) >= 11 is 11.9. The number of hydrogen-bond donors (Lipinski definition) is 1. The summed E-state index contributed by atoms with van der Waals surface area (Å²) in [5.41, 5.74) is 3.48. The summed E-state index contributed by atoms with van der Waals surface area (Å²) in [5, 5.41) is 9.60. The topological polar surface area (TPSA) is 36.3 Å². The van der Waals surface area contributed by atoms with Gasteiger partial charge in [0.15, 0.2) is 5.11 Å². The maximum Gasteiger partial charge on any atom is 0.169 e. The first-order valence-electron chi connectivity index (χ1n) is 9.52. The zero-order chi connectivity index (χ0) is 19.2. The highest BCUT2D eigenvalue weighted by molar-refractivity contribution is 7.80. The Labute approximate surface area is 172 Å². The minimum absolute atomic E-state index is 0.847. The van der Waals surface area contributed by atoms with E-state index < -0.39 is 0 Å². The Morgan fingerprint density at radius 2 is 1.93 bits per heavy atom. The lowest BCUT2D eigenvalue weighted by atomic mass is 10.2. The molecule has 1 aromatic carbocycles. The quantitative estimate of drug-likeness (QED) is 0.589. The third-order valence-corrected chi connectivity index (χ3v) is 5.71. The molecule has 1 saturated heterocycles. The van der Waals surface area contributed by atoms with E-state index in [9.17, 15) is 0 Å². The van der Waals surface area contributed by atoms with Crippen molar-refractivity contribution in [3.63, 3.8) is 0 Å². The van der Waals surface area contributed by atoms with Gasteiger partial charge in [-0.1, -0.05) is 29.8 Å². The van der Waals surface area contributed by atoms with Gasteiger partial charge >= 0.3 is 0 Å².